The van der Waals surface area contributed by atoms with Gasteiger partial charge in [0.2, 0.25) is 0 Å². The minimum atomic E-state index is -1.21. The number of anilines is 1. The van der Waals surface area contributed by atoms with Gasteiger partial charge in [-0.1, -0.05) is 47.5 Å². The van der Waals surface area contributed by atoms with Gasteiger partial charge in [-0.2, -0.15) is 0 Å². The predicted molar refractivity (Wildman–Crippen MR) is 164 cm³/mol. The van der Waals surface area contributed by atoms with Gasteiger partial charge in [0.25, 0.3) is 5.91 Å². The maximum Gasteiger partial charge on any atom is 0.337 e. The van der Waals surface area contributed by atoms with E-state index in [9.17, 15) is 14.7 Å². The van der Waals surface area contributed by atoms with E-state index in [2.05, 4.69) is 18.0 Å². The van der Waals surface area contributed by atoms with Gasteiger partial charge in [0.1, 0.15) is 11.6 Å². The molecule has 0 bridgehead atoms. The molecule has 43 heavy (non-hydrogen) atoms. The number of morpholine rings is 1. The zero-order valence-corrected chi connectivity index (χ0v) is 25.1. The molecular weight excluding hydrogens is 596 g/mol. The molecule has 0 aromatic heterocycles. The summed E-state index contributed by atoms with van der Waals surface area (Å²) in [5.74, 6) is -1.83. The molecule has 0 radical (unpaired) electrons. The number of carbonyl (C=O) groups is 2. The Labute approximate surface area is 258 Å². The van der Waals surface area contributed by atoms with Gasteiger partial charge >= 0.3 is 5.97 Å². The van der Waals surface area contributed by atoms with Gasteiger partial charge in [-0.25, -0.2) is 9.18 Å². The van der Waals surface area contributed by atoms with Gasteiger partial charge in [-0.15, -0.1) is 0 Å². The van der Waals surface area contributed by atoms with Crippen molar-refractivity contribution in [2.24, 2.45) is 0 Å². The second kappa shape index (κ2) is 12.2. The summed E-state index contributed by atoms with van der Waals surface area (Å²) in [6, 6.07) is 11.5. The van der Waals surface area contributed by atoms with Crippen LogP contribution >= 0.6 is 23.2 Å². The van der Waals surface area contributed by atoms with Crippen LogP contribution in [0.2, 0.25) is 10.0 Å². The molecule has 3 aliphatic rings. The molecule has 8 nitrogen and oxygen atoms in total. The van der Waals surface area contributed by atoms with Crippen molar-refractivity contribution in [1.82, 2.24) is 9.80 Å². The first-order valence-electron chi connectivity index (χ1n) is 14.0. The van der Waals surface area contributed by atoms with E-state index in [1.54, 1.807) is 30.3 Å². The van der Waals surface area contributed by atoms with Crippen LogP contribution in [-0.4, -0.2) is 80.0 Å². The maximum atomic E-state index is 15.5. The van der Waals surface area contributed by atoms with Crippen LogP contribution in [0.5, 0.6) is 5.75 Å². The van der Waals surface area contributed by atoms with E-state index in [-0.39, 0.29) is 45.9 Å². The SMILES string of the molecule is CN1CC=C(c2cc(Cl)c(C(=O)N3COc4c(cccc4-c4cc(N5CCOCC5)c(C(=O)O)cc4F)C3)c(Cl)c2)CC1. The van der Waals surface area contributed by atoms with Gasteiger partial charge < -0.3 is 29.3 Å². The summed E-state index contributed by atoms with van der Waals surface area (Å²) in [7, 11) is 2.06. The molecule has 6 rings (SSSR count). The quantitative estimate of drug-likeness (QED) is 0.370. The Morgan fingerprint density at radius 3 is 2.42 bits per heavy atom. The van der Waals surface area contributed by atoms with Crippen molar-refractivity contribution >= 4 is 46.3 Å². The summed E-state index contributed by atoms with van der Waals surface area (Å²) >= 11 is 13.3. The van der Waals surface area contributed by atoms with E-state index in [0.717, 1.165) is 36.7 Å². The first-order chi connectivity index (χ1) is 20.7. The Kier molecular flexibility index (Phi) is 8.33. The number of halogens is 3. The minimum Gasteiger partial charge on any atom is -0.478 e. The zero-order chi connectivity index (χ0) is 30.2. The Morgan fingerprint density at radius 2 is 1.74 bits per heavy atom. The average Bonchev–Trinajstić information content (AvgIpc) is 3.00. The van der Waals surface area contributed by atoms with Gasteiger partial charge in [0.15, 0.2) is 6.73 Å². The fraction of sp³-hybridized carbons (Fsp3) is 0.312. The van der Waals surface area contributed by atoms with Crippen molar-refractivity contribution in [2.75, 3.05) is 58.1 Å². The third kappa shape index (κ3) is 5.82. The lowest BCUT2D eigenvalue weighted by atomic mass is 9.96. The van der Waals surface area contributed by atoms with Crippen molar-refractivity contribution < 1.29 is 28.6 Å². The highest BCUT2D eigenvalue weighted by molar-refractivity contribution is 6.40. The number of aromatic carboxylic acids is 1. The number of fused-ring (bicyclic) bond motifs is 1. The van der Waals surface area contributed by atoms with E-state index in [1.165, 1.54) is 4.90 Å². The second-order valence-corrected chi connectivity index (χ2v) is 11.7. The standard InChI is InChI=1S/C32H30Cl2FN3O5/c1-36-7-5-19(6-8-36)21-13-25(33)29(26(34)14-21)31(39)38-17-20-3-2-4-22(30(20)43-18-38)23-16-28(37-9-11-42-12-10-37)24(32(40)41)15-27(23)35/h2-5,13-16H,6-12,17-18H2,1H3,(H,40,41). The van der Waals surface area contributed by atoms with E-state index in [1.807, 2.05) is 11.0 Å². The van der Waals surface area contributed by atoms with Gasteiger partial charge in [-0.05, 0) is 48.9 Å². The molecule has 1 saturated heterocycles. The highest BCUT2D eigenvalue weighted by atomic mass is 35.5. The van der Waals surface area contributed by atoms with Crippen LogP contribution in [0.1, 0.15) is 38.3 Å². The lowest BCUT2D eigenvalue weighted by Crippen LogP contribution is -2.37. The Bertz CT molecular complexity index is 1620. The van der Waals surface area contributed by atoms with Crippen molar-refractivity contribution in [2.45, 2.75) is 13.0 Å². The minimum absolute atomic E-state index is 0.0973. The van der Waals surface area contributed by atoms with Crippen LogP contribution in [0.15, 0.2) is 48.5 Å². The predicted octanol–water partition coefficient (Wildman–Crippen LogP) is 6.05. The van der Waals surface area contributed by atoms with Crippen molar-refractivity contribution in [3.63, 3.8) is 0 Å². The second-order valence-electron chi connectivity index (χ2n) is 10.9. The number of para-hydroxylation sites is 1. The molecule has 0 spiro atoms. The van der Waals surface area contributed by atoms with Crippen LogP contribution in [0, 0.1) is 5.82 Å². The van der Waals surface area contributed by atoms with E-state index in [0.29, 0.717) is 48.9 Å². The fourth-order valence-electron chi connectivity index (χ4n) is 5.78. The van der Waals surface area contributed by atoms with Crippen molar-refractivity contribution in [3.05, 3.63) is 86.7 Å². The number of hydrogen-bond donors (Lipinski definition) is 1. The summed E-state index contributed by atoms with van der Waals surface area (Å²) in [5.41, 5.74) is 3.91. The number of hydrogen-bond acceptors (Lipinski definition) is 6. The molecule has 0 aliphatic carbocycles. The molecule has 224 valence electrons. The summed E-state index contributed by atoms with van der Waals surface area (Å²) < 4.78 is 26.9. The first kappa shape index (κ1) is 29.4. The van der Waals surface area contributed by atoms with E-state index >= 15 is 4.39 Å². The summed E-state index contributed by atoms with van der Waals surface area (Å²) in [5, 5.41) is 10.3. The largest absolute Gasteiger partial charge is 0.478 e. The molecule has 1 amide bonds. The highest BCUT2D eigenvalue weighted by Gasteiger charge is 2.30. The lowest BCUT2D eigenvalue weighted by Gasteiger charge is -2.32. The van der Waals surface area contributed by atoms with Crippen LogP contribution in [0.4, 0.5) is 10.1 Å². The van der Waals surface area contributed by atoms with Crippen LogP contribution in [0.25, 0.3) is 16.7 Å². The molecule has 0 saturated carbocycles. The van der Waals surface area contributed by atoms with Gasteiger partial charge in [0, 0.05) is 42.9 Å². The summed E-state index contributed by atoms with van der Waals surface area (Å²) in [6.07, 6.45) is 3.00. The molecular formula is C32H30Cl2FN3O5. The van der Waals surface area contributed by atoms with E-state index < -0.39 is 11.8 Å². The third-order valence-electron chi connectivity index (χ3n) is 8.11. The van der Waals surface area contributed by atoms with Gasteiger partial charge in [-0.3, -0.25) is 4.79 Å². The number of ether oxygens (including phenoxy) is 2. The molecule has 1 N–H and O–H groups in total. The third-order valence-corrected chi connectivity index (χ3v) is 8.70. The highest BCUT2D eigenvalue weighted by Crippen LogP contribution is 2.41. The number of rotatable bonds is 5. The summed E-state index contributed by atoms with van der Waals surface area (Å²) in [4.78, 5) is 31.2. The molecule has 3 heterocycles. The summed E-state index contributed by atoms with van der Waals surface area (Å²) in [6.45, 7) is 3.74. The molecule has 3 aromatic rings. The Hall–Kier alpha value is -3.63. The van der Waals surface area contributed by atoms with Crippen LogP contribution in [-0.2, 0) is 11.3 Å². The molecule has 3 aliphatic heterocycles. The Morgan fingerprint density at radius 1 is 1.00 bits per heavy atom. The molecule has 0 atom stereocenters. The first-order valence-corrected chi connectivity index (χ1v) is 14.8. The average molecular weight is 627 g/mol. The number of benzene rings is 3. The molecule has 11 heteroatoms. The monoisotopic (exact) mass is 625 g/mol. The number of carboxylic acid groups (broad SMARTS) is 1. The number of carbonyl (C=O) groups excluding carboxylic acids is 1. The number of amides is 1. The van der Waals surface area contributed by atoms with Crippen LogP contribution in [0.3, 0.4) is 0 Å². The molecule has 1 fully saturated rings. The lowest BCUT2D eigenvalue weighted by molar-refractivity contribution is 0.0516. The smallest absolute Gasteiger partial charge is 0.337 e. The van der Waals surface area contributed by atoms with Gasteiger partial charge in [0.05, 0.1) is 46.6 Å². The van der Waals surface area contributed by atoms with Crippen LogP contribution < -0.4 is 9.64 Å². The maximum absolute atomic E-state index is 15.5. The molecule has 3 aromatic carbocycles. The van der Waals surface area contributed by atoms with Crippen molar-refractivity contribution in [1.29, 1.82) is 0 Å². The number of nitrogens with zero attached hydrogens (tertiary/aromatic N) is 3. The van der Waals surface area contributed by atoms with Crippen molar-refractivity contribution in [3.8, 4) is 16.9 Å². The van der Waals surface area contributed by atoms with E-state index in [4.69, 9.17) is 32.7 Å². The topological polar surface area (TPSA) is 82.5 Å². The number of carboxylic acids is 1. The fourth-order valence-corrected chi connectivity index (χ4v) is 6.42. The normalized spacial score (nSPS) is 17.3. The number of likely N-dealkylation sites (N-methyl/N-ethyl adjacent to an activating group) is 1. The Balaban J connectivity index is 1.29. The molecule has 0 unspecified atom stereocenters. The zero-order valence-electron chi connectivity index (χ0n) is 23.5.